The summed E-state index contributed by atoms with van der Waals surface area (Å²) >= 11 is 0. The van der Waals surface area contributed by atoms with Crippen molar-refractivity contribution in [1.82, 2.24) is 0 Å². The Morgan fingerprint density at radius 2 is 1.80 bits per heavy atom. The molecule has 0 saturated heterocycles. The Labute approximate surface area is 150 Å². The third kappa shape index (κ3) is 5.09. The molecule has 0 bridgehead atoms. The third-order valence-corrected chi connectivity index (χ3v) is 4.84. The number of esters is 1. The summed E-state index contributed by atoms with van der Waals surface area (Å²) in [5.41, 5.74) is 1.36. The lowest BCUT2D eigenvalue weighted by Gasteiger charge is -2.36. The molecule has 0 heterocycles. The van der Waals surface area contributed by atoms with E-state index in [0.29, 0.717) is 18.9 Å². The van der Waals surface area contributed by atoms with E-state index < -0.39 is 0 Å². The van der Waals surface area contributed by atoms with Crippen LogP contribution in [0.4, 0.5) is 0 Å². The van der Waals surface area contributed by atoms with Gasteiger partial charge in [0, 0.05) is 6.42 Å². The second-order valence-electron chi connectivity index (χ2n) is 6.72. The largest absolute Gasteiger partial charge is 0.466 e. The molecule has 3 nitrogen and oxygen atoms in total. The number of carbonyl (C=O) groups is 1. The van der Waals surface area contributed by atoms with Gasteiger partial charge in [0.15, 0.2) is 0 Å². The fourth-order valence-corrected chi connectivity index (χ4v) is 3.47. The molecule has 0 atom stereocenters. The van der Waals surface area contributed by atoms with Gasteiger partial charge in [0.1, 0.15) is 11.5 Å². The molecule has 0 aromatic heterocycles. The molecule has 0 spiro atoms. The van der Waals surface area contributed by atoms with E-state index in [2.05, 4.69) is 18.2 Å². The number of para-hydroxylation sites is 1. The van der Waals surface area contributed by atoms with Crippen molar-refractivity contribution in [2.45, 2.75) is 44.9 Å². The van der Waals surface area contributed by atoms with Crippen molar-refractivity contribution in [2.75, 3.05) is 6.61 Å². The number of benzene rings is 2. The normalized spacial score (nSPS) is 19.1. The van der Waals surface area contributed by atoms with Crippen LogP contribution in [0.5, 0.6) is 11.5 Å². The van der Waals surface area contributed by atoms with Crippen molar-refractivity contribution >= 4 is 5.97 Å². The minimum Gasteiger partial charge on any atom is -0.466 e. The Morgan fingerprint density at radius 3 is 2.56 bits per heavy atom. The molecule has 0 amide bonds. The van der Waals surface area contributed by atoms with Gasteiger partial charge in [-0.05, 0) is 74.3 Å². The zero-order valence-corrected chi connectivity index (χ0v) is 14.8. The molecule has 0 radical (unpaired) electrons. The molecule has 1 fully saturated rings. The summed E-state index contributed by atoms with van der Waals surface area (Å²) in [7, 11) is 0. The van der Waals surface area contributed by atoms with E-state index in [9.17, 15) is 4.79 Å². The molecular formula is C22H26O3. The highest BCUT2D eigenvalue weighted by Gasteiger charge is 2.30. The molecule has 0 aliphatic heterocycles. The Bertz CT molecular complexity index is 675. The Balaban J connectivity index is 1.45. The predicted octanol–water partition coefficient (Wildman–Crippen LogP) is 5.71. The fraction of sp³-hybridized carbons (Fsp3) is 0.409. The molecule has 1 aliphatic carbocycles. The van der Waals surface area contributed by atoms with E-state index in [1.54, 1.807) is 0 Å². The lowest BCUT2D eigenvalue weighted by molar-refractivity contribution is -0.143. The minimum atomic E-state index is -0.0656. The smallest absolute Gasteiger partial charge is 0.305 e. The molecule has 2 aromatic carbocycles. The zero-order chi connectivity index (χ0) is 17.5. The fourth-order valence-electron chi connectivity index (χ4n) is 3.47. The van der Waals surface area contributed by atoms with Gasteiger partial charge in [0.2, 0.25) is 0 Å². The summed E-state index contributed by atoms with van der Waals surface area (Å²) in [4.78, 5) is 11.4. The van der Waals surface area contributed by atoms with Crippen molar-refractivity contribution in [2.24, 2.45) is 5.92 Å². The van der Waals surface area contributed by atoms with Crippen molar-refractivity contribution < 1.29 is 14.3 Å². The van der Waals surface area contributed by atoms with Crippen molar-refractivity contribution in [3.8, 4) is 11.5 Å². The second kappa shape index (κ2) is 8.70. The van der Waals surface area contributed by atoms with Crippen molar-refractivity contribution in [3.05, 3.63) is 60.2 Å². The first-order valence-electron chi connectivity index (χ1n) is 9.23. The van der Waals surface area contributed by atoms with Gasteiger partial charge in [-0.1, -0.05) is 30.3 Å². The van der Waals surface area contributed by atoms with Gasteiger partial charge < -0.3 is 9.47 Å². The van der Waals surface area contributed by atoms with E-state index in [4.69, 9.17) is 9.47 Å². The topological polar surface area (TPSA) is 35.5 Å². The van der Waals surface area contributed by atoms with Crippen LogP contribution in [0.15, 0.2) is 54.6 Å². The van der Waals surface area contributed by atoms with Gasteiger partial charge in [0.05, 0.1) is 6.61 Å². The van der Waals surface area contributed by atoms with Crippen LogP contribution >= 0.6 is 0 Å². The molecule has 2 aromatic rings. The van der Waals surface area contributed by atoms with E-state index >= 15 is 0 Å². The molecule has 1 aliphatic rings. The number of hydrogen-bond acceptors (Lipinski definition) is 3. The standard InChI is InChI=1S/C22H26O3/c1-2-24-22(23)13-6-8-17-14-19(15-17)18-9-7-12-21(16-18)25-20-10-4-3-5-11-20/h3-5,7,9-12,16-17,19H,2,6,8,13-15H2,1H3. The van der Waals surface area contributed by atoms with E-state index in [-0.39, 0.29) is 5.97 Å². The summed E-state index contributed by atoms with van der Waals surface area (Å²) in [6.45, 7) is 2.33. The van der Waals surface area contributed by atoms with Gasteiger partial charge in [-0.15, -0.1) is 0 Å². The lowest BCUT2D eigenvalue weighted by Crippen LogP contribution is -2.22. The van der Waals surface area contributed by atoms with Gasteiger partial charge in [-0.25, -0.2) is 0 Å². The van der Waals surface area contributed by atoms with Crippen LogP contribution in [0.2, 0.25) is 0 Å². The van der Waals surface area contributed by atoms with Crippen molar-refractivity contribution in [3.63, 3.8) is 0 Å². The van der Waals surface area contributed by atoms with Gasteiger partial charge in [-0.3, -0.25) is 4.79 Å². The molecule has 3 rings (SSSR count). The third-order valence-electron chi connectivity index (χ3n) is 4.84. The molecule has 0 unspecified atom stereocenters. The molecule has 25 heavy (non-hydrogen) atoms. The van der Waals surface area contributed by atoms with Crippen molar-refractivity contribution in [1.29, 1.82) is 0 Å². The highest BCUT2D eigenvalue weighted by atomic mass is 16.5. The lowest BCUT2D eigenvalue weighted by atomic mass is 9.69. The molecular weight excluding hydrogens is 312 g/mol. The predicted molar refractivity (Wildman–Crippen MR) is 98.9 cm³/mol. The highest BCUT2D eigenvalue weighted by molar-refractivity contribution is 5.69. The van der Waals surface area contributed by atoms with Gasteiger partial charge in [-0.2, -0.15) is 0 Å². The van der Waals surface area contributed by atoms with Gasteiger partial charge in [0.25, 0.3) is 0 Å². The minimum absolute atomic E-state index is 0.0656. The number of carbonyl (C=O) groups excluding carboxylic acids is 1. The summed E-state index contributed by atoms with van der Waals surface area (Å²) in [5, 5.41) is 0. The Morgan fingerprint density at radius 1 is 1.04 bits per heavy atom. The average Bonchev–Trinajstić information content (AvgIpc) is 2.58. The maximum absolute atomic E-state index is 11.4. The molecule has 1 saturated carbocycles. The van der Waals surface area contributed by atoms with E-state index in [1.807, 2.05) is 43.3 Å². The summed E-state index contributed by atoms with van der Waals surface area (Å²) in [5.74, 6) is 3.05. The summed E-state index contributed by atoms with van der Waals surface area (Å²) < 4.78 is 10.9. The summed E-state index contributed by atoms with van der Waals surface area (Å²) in [6.07, 6.45) is 5.02. The maximum Gasteiger partial charge on any atom is 0.305 e. The SMILES string of the molecule is CCOC(=O)CCCC1CC(c2cccc(Oc3ccccc3)c2)C1. The van der Waals surface area contributed by atoms with Gasteiger partial charge >= 0.3 is 5.97 Å². The maximum atomic E-state index is 11.4. The number of hydrogen-bond donors (Lipinski definition) is 0. The van der Waals surface area contributed by atoms with Crippen LogP contribution in [0.1, 0.15) is 50.5 Å². The van der Waals surface area contributed by atoms with Crippen LogP contribution < -0.4 is 4.74 Å². The number of ether oxygens (including phenoxy) is 2. The van der Waals surface area contributed by atoms with Crippen LogP contribution in [0.3, 0.4) is 0 Å². The molecule has 132 valence electrons. The van der Waals surface area contributed by atoms with E-state index in [0.717, 1.165) is 30.3 Å². The second-order valence-corrected chi connectivity index (χ2v) is 6.72. The first-order chi connectivity index (χ1) is 12.2. The quantitative estimate of drug-likeness (QED) is 0.579. The highest BCUT2D eigenvalue weighted by Crippen LogP contribution is 2.44. The average molecular weight is 338 g/mol. The Hall–Kier alpha value is -2.29. The summed E-state index contributed by atoms with van der Waals surface area (Å²) in [6, 6.07) is 18.3. The molecule has 3 heteroatoms. The van der Waals surface area contributed by atoms with Crippen LogP contribution in [0, 0.1) is 5.92 Å². The van der Waals surface area contributed by atoms with Crippen LogP contribution in [-0.2, 0) is 9.53 Å². The first kappa shape index (κ1) is 17.5. The first-order valence-corrected chi connectivity index (χ1v) is 9.23. The zero-order valence-electron chi connectivity index (χ0n) is 14.8. The van der Waals surface area contributed by atoms with E-state index in [1.165, 1.54) is 18.4 Å². The Kier molecular flexibility index (Phi) is 6.10. The monoisotopic (exact) mass is 338 g/mol. The molecule has 0 N–H and O–H groups in total. The van der Waals surface area contributed by atoms with Crippen LogP contribution in [0.25, 0.3) is 0 Å². The number of rotatable bonds is 8. The van der Waals surface area contributed by atoms with Crippen LogP contribution in [-0.4, -0.2) is 12.6 Å².